The molecule has 3 nitrogen and oxygen atoms in total. The summed E-state index contributed by atoms with van der Waals surface area (Å²) < 4.78 is 6.42. The van der Waals surface area contributed by atoms with E-state index in [4.69, 9.17) is 4.74 Å². The summed E-state index contributed by atoms with van der Waals surface area (Å²) in [6, 6.07) is 6.03. The van der Waals surface area contributed by atoms with Crippen LogP contribution in [0.3, 0.4) is 0 Å². The number of hydrogen-bond donors (Lipinski definition) is 1. The smallest absolute Gasteiger partial charge is 0.0702 e. The fourth-order valence-corrected chi connectivity index (χ4v) is 2.65. The van der Waals surface area contributed by atoms with Crippen molar-refractivity contribution in [2.45, 2.75) is 25.6 Å². The third kappa shape index (κ3) is 3.00. The van der Waals surface area contributed by atoms with E-state index in [1.807, 2.05) is 12.1 Å². The molecule has 94 valence electrons. The molecule has 0 amide bonds. The zero-order valence-electron chi connectivity index (χ0n) is 10.0. The van der Waals surface area contributed by atoms with E-state index in [0.717, 1.165) is 41.7 Å². The summed E-state index contributed by atoms with van der Waals surface area (Å²) in [5.41, 5.74) is 2.13. The average Bonchev–Trinajstić information content (AvgIpc) is 2.39. The summed E-state index contributed by atoms with van der Waals surface area (Å²) in [7, 11) is 1.78. The van der Waals surface area contributed by atoms with E-state index in [0.29, 0.717) is 6.10 Å². The van der Waals surface area contributed by atoms with Crippen molar-refractivity contribution in [2.75, 3.05) is 25.1 Å². The van der Waals surface area contributed by atoms with Crippen molar-refractivity contribution in [1.29, 1.82) is 0 Å². The minimum atomic E-state index is 0.0901. The Morgan fingerprint density at radius 3 is 2.71 bits per heavy atom. The molecular weight excluding hydrogens is 282 g/mol. The second-order valence-corrected chi connectivity index (χ2v) is 5.27. The molecule has 1 aromatic carbocycles. The molecule has 0 bridgehead atoms. The number of nitrogens with zero attached hydrogens (tertiary/aromatic N) is 1. The lowest BCUT2D eigenvalue weighted by Crippen LogP contribution is -2.37. The first-order valence-corrected chi connectivity index (χ1v) is 6.71. The van der Waals surface area contributed by atoms with Crippen molar-refractivity contribution in [3.63, 3.8) is 0 Å². The van der Waals surface area contributed by atoms with Gasteiger partial charge in [0.25, 0.3) is 0 Å². The van der Waals surface area contributed by atoms with Crippen LogP contribution in [0.5, 0.6) is 0 Å². The molecule has 1 saturated heterocycles. The Labute approximate surface area is 111 Å². The first kappa shape index (κ1) is 12.9. The number of anilines is 1. The van der Waals surface area contributed by atoms with Crippen molar-refractivity contribution in [1.82, 2.24) is 0 Å². The highest BCUT2D eigenvalue weighted by Gasteiger charge is 2.20. The molecule has 0 radical (unpaired) electrons. The molecule has 0 aromatic heterocycles. The Kier molecular flexibility index (Phi) is 4.42. The maximum absolute atomic E-state index is 9.37. The van der Waals surface area contributed by atoms with Crippen molar-refractivity contribution in [2.24, 2.45) is 0 Å². The van der Waals surface area contributed by atoms with Gasteiger partial charge in [-0.05, 0) is 25.0 Å². The van der Waals surface area contributed by atoms with Gasteiger partial charge in [-0.25, -0.2) is 0 Å². The number of rotatable bonds is 3. The maximum atomic E-state index is 9.37. The van der Waals surface area contributed by atoms with Gasteiger partial charge in [-0.15, -0.1) is 0 Å². The Balaban J connectivity index is 2.14. The van der Waals surface area contributed by atoms with Gasteiger partial charge >= 0.3 is 0 Å². The number of benzene rings is 1. The van der Waals surface area contributed by atoms with Crippen LogP contribution in [-0.2, 0) is 11.3 Å². The molecule has 1 fully saturated rings. The predicted molar refractivity (Wildman–Crippen MR) is 72.3 cm³/mol. The first-order chi connectivity index (χ1) is 8.24. The standard InChI is InChI=1S/C13H18BrNO2/c1-17-12-4-6-15(7-5-12)13-8-11(14)3-2-10(13)9-16/h2-3,8,12,16H,4-7,9H2,1H3. The summed E-state index contributed by atoms with van der Waals surface area (Å²) in [4.78, 5) is 2.33. The number of halogens is 1. The minimum absolute atomic E-state index is 0.0901. The van der Waals surface area contributed by atoms with Gasteiger partial charge in [0.2, 0.25) is 0 Å². The van der Waals surface area contributed by atoms with Gasteiger partial charge in [0.1, 0.15) is 0 Å². The van der Waals surface area contributed by atoms with Gasteiger partial charge in [-0.2, -0.15) is 0 Å². The average molecular weight is 300 g/mol. The van der Waals surface area contributed by atoms with Crippen LogP contribution in [-0.4, -0.2) is 31.4 Å². The topological polar surface area (TPSA) is 32.7 Å². The molecule has 4 heteroatoms. The molecule has 0 saturated carbocycles. The maximum Gasteiger partial charge on any atom is 0.0702 e. The summed E-state index contributed by atoms with van der Waals surface area (Å²) in [5, 5.41) is 9.37. The molecule has 0 aliphatic carbocycles. The molecule has 1 aromatic rings. The van der Waals surface area contributed by atoms with Crippen molar-refractivity contribution < 1.29 is 9.84 Å². The quantitative estimate of drug-likeness (QED) is 0.931. The Bertz CT molecular complexity index is 376. The van der Waals surface area contributed by atoms with Crippen LogP contribution in [0.2, 0.25) is 0 Å². The van der Waals surface area contributed by atoms with E-state index < -0.39 is 0 Å². The molecule has 1 N–H and O–H groups in total. The van der Waals surface area contributed by atoms with Crippen molar-refractivity contribution in [3.05, 3.63) is 28.2 Å². The zero-order valence-corrected chi connectivity index (χ0v) is 11.6. The lowest BCUT2D eigenvalue weighted by molar-refractivity contribution is 0.0818. The van der Waals surface area contributed by atoms with Crippen LogP contribution in [0.25, 0.3) is 0 Å². The second kappa shape index (κ2) is 5.85. The molecule has 0 unspecified atom stereocenters. The Morgan fingerprint density at radius 2 is 2.12 bits per heavy atom. The summed E-state index contributed by atoms with van der Waals surface area (Å²) in [6.07, 6.45) is 2.48. The highest BCUT2D eigenvalue weighted by atomic mass is 79.9. The molecular formula is C13H18BrNO2. The lowest BCUT2D eigenvalue weighted by Gasteiger charge is -2.34. The monoisotopic (exact) mass is 299 g/mol. The SMILES string of the molecule is COC1CCN(c2cc(Br)ccc2CO)CC1. The van der Waals surface area contributed by atoms with Gasteiger partial charge in [0, 0.05) is 35.9 Å². The highest BCUT2D eigenvalue weighted by Crippen LogP contribution is 2.28. The molecule has 0 spiro atoms. The molecule has 1 aliphatic heterocycles. The molecule has 0 atom stereocenters. The minimum Gasteiger partial charge on any atom is -0.392 e. The van der Waals surface area contributed by atoms with E-state index in [2.05, 4.69) is 26.9 Å². The van der Waals surface area contributed by atoms with Gasteiger partial charge < -0.3 is 14.7 Å². The number of piperidine rings is 1. The van der Waals surface area contributed by atoms with Crippen LogP contribution in [0.4, 0.5) is 5.69 Å². The largest absolute Gasteiger partial charge is 0.392 e. The summed E-state index contributed by atoms with van der Waals surface area (Å²) in [5.74, 6) is 0. The van der Waals surface area contributed by atoms with Gasteiger partial charge in [0.15, 0.2) is 0 Å². The number of methoxy groups -OCH3 is 1. The summed E-state index contributed by atoms with van der Waals surface area (Å²) >= 11 is 3.48. The molecule has 17 heavy (non-hydrogen) atoms. The van der Waals surface area contributed by atoms with E-state index >= 15 is 0 Å². The predicted octanol–water partition coefficient (Wildman–Crippen LogP) is 2.56. The van der Waals surface area contributed by atoms with E-state index in [1.54, 1.807) is 7.11 Å². The lowest BCUT2D eigenvalue weighted by atomic mass is 10.1. The van der Waals surface area contributed by atoms with Crippen LogP contribution in [0, 0.1) is 0 Å². The summed E-state index contributed by atoms with van der Waals surface area (Å²) in [6.45, 7) is 2.07. The number of aliphatic hydroxyl groups excluding tert-OH is 1. The van der Waals surface area contributed by atoms with Gasteiger partial charge in [-0.1, -0.05) is 22.0 Å². The molecule has 1 heterocycles. The fraction of sp³-hybridized carbons (Fsp3) is 0.538. The normalized spacial score (nSPS) is 17.5. The van der Waals surface area contributed by atoms with Crippen LogP contribution >= 0.6 is 15.9 Å². The van der Waals surface area contributed by atoms with Crippen LogP contribution < -0.4 is 4.90 Å². The van der Waals surface area contributed by atoms with E-state index in [9.17, 15) is 5.11 Å². The highest BCUT2D eigenvalue weighted by molar-refractivity contribution is 9.10. The van der Waals surface area contributed by atoms with Gasteiger partial charge in [0.05, 0.1) is 12.7 Å². The molecule has 2 rings (SSSR count). The van der Waals surface area contributed by atoms with Gasteiger partial charge in [-0.3, -0.25) is 0 Å². The Morgan fingerprint density at radius 1 is 1.41 bits per heavy atom. The van der Waals surface area contributed by atoms with Crippen LogP contribution in [0.15, 0.2) is 22.7 Å². The van der Waals surface area contributed by atoms with Crippen molar-refractivity contribution in [3.8, 4) is 0 Å². The Hall–Kier alpha value is -0.580. The van der Waals surface area contributed by atoms with Crippen LogP contribution in [0.1, 0.15) is 18.4 Å². The fourth-order valence-electron chi connectivity index (χ4n) is 2.30. The second-order valence-electron chi connectivity index (χ2n) is 4.35. The number of ether oxygens (including phenoxy) is 1. The first-order valence-electron chi connectivity index (χ1n) is 5.91. The molecule has 1 aliphatic rings. The van der Waals surface area contributed by atoms with E-state index in [1.165, 1.54) is 0 Å². The number of aliphatic hydroxyl groups is 1. The third-order valence-electron chi connectivity index (χ3n) is 3.33. The van der Waals surface area contributed by atoms with E-state index in [-0.39, 0.29) is 6.61 Å². The third-order valence-corrected chi connectivity index (χ3v) is 3.83. The zero-order chi connectivity index (χ0) is 12.3. The number of hydrogen-bond acceptors (Lipinski definition) is 3. The van der Waals surface area contributed by atoms with Crippen molar-refractivity contribution >= 4 is 21.6 Å².